The van der Waals surface area contributed by atoms with Gasteiger partial charge < -0.3 is 4.74 Å². The Morgan fingerprint density at radius 1 is 1.39 bits per heavy atom. The largest absolute Gasteiger partial charge is 0.374 e. The zero-order valence-corrected chi connectivity index (χ0v) is 12.3. The van der Waals surface area contributed by atoms with Crippen LogP contribution in [-0.2, 0) is 4.74 Å². The molecule has 18 heavy (non-hydrogen) atoms. The number of rotatable bonds is 5. The van der Waals surface area contributed by atoms with Gasteiger partial charge in [-0.15, -0.1) is 23.4 Å². The van der Waals surface area contributed by atoms with Crippen molar-refractivity contribution in [3.05, 3.63) is 30.3 Å². The number of thioether (sulfide) groups is 1. The molecule has 1 heterocycles. The van der Waals surface area contributed by atoms with E-state index in [9.17, 15) is 0 Å². The van der Waals surface area contributed by atoms with Gasteiger partial charge in [-0.2, -0.15) is 0 Å². The van der Waals surface area contributed by atoms with Crippen molar-refractivity contribution in [1.29, 1.82) is 0 Å². The molecule has 0 aliphatic carbocycles. The van der Waals surface area contributed by atoms with Gasteiger partial charge in [-0.1, -0.05) is 18.2 Å². The molecule has 4 heteroatoms. The van der Waals surface area contributed by atoms with E-state index in [4.69, 9.17) is 16.3 Å². The lowest BCUT2D eigenvalue weighted by Gasteiger charge is -2.37. The van der Waals surface area contributed by atoms with E-state index in [1.54, 1.807) is 0 Å². The van der Waals surface area contributed by atoms with Gasteiger partial charge in [0, 0.05) is 35.7 Å². The SMILES string of the molecule is CC1COC(CCl)CN1CCSc1ccccc1. The second-order valence-corrected chi connectivity index (χ2v) is 6.09. The van der Waals surface area contributed by atoms with Crippen LogP contribution in [0.3, 0.4) is 0 Å². The van der Waals surface area contributed by atoms with Crippen LogP contribution >= 0.6 is 23.4 Å². The first-order valence-corrected chi connectivity index (χ1v) is 7.91. The van der Waals surface area contributed by atoms with Gasteiger partial charge in [0.05, 0.1) is 12.7 Å². The summed E-state index contributed by atoms with van der Waals surface area (Å²) in [5.74, 6) is 1.71. The smallest absolute Gasteiger partial charge is 0.0837 e. The standard InChI is InChI=1S/C14H20ClNOS/c1-12-11-17-13(9-15)10-16(12)7-8-18-14-5-3-2-4-6-14/h2-6,12-13H,7-11H2,1H3. The molecule has 1 aromatic carbocycles. The molecule has 2 unspecified atom stereocenters. The summed E-state index contributed by atoms with van der Waals surface area (Å²) in [4.78, 5) is 3.82. The second kappa shape index (κ2) is 7.39. The van der Waals surface area contributed by atoms with Crippen LogP contribution in [-0.4, -0.2) is 48.4 Å². The fraction of sp³-hybridized carbons (Fsp3) is 0.571. The van der Waals surface area contributed by atoms with Gasteiger partial charge in [0.1, 0.15) is 0 Å². The molecule has 1 fully saturated rings. The van der Waals surface area contributed by atoms with E-state index in [1.807, 2.05) is 11.8 Å². The van der Waals surface area contributed by atoms with Crippen LogP contribution in [0.1, 0.15) is 6.92 Å². The molecule has 1 aliphatic rings. The maximum Gasteiger partial charge on any atom is 0.0837 e. The van der Waals surface area contributed by atoms with Crippen LogP contribution in [0.15, 0.2) is 35.2 Å². The van der Waals surface area contributed by atoms with Crippen LogP contribution in [0.4, 0.5) is 0 Å². The molecular formula is C14H20ClNOS. The second-order valence-electron chi connectivity index (χ2n) is 4.62. The molecule has 2 nitrogen and oxygen atoms in total. The Morgan fingerprint density at radius 3 is 2.89 bits per heavy atom. The number of halogens is 1. The highest BCUT2D eigenvalue weighted by Gasteiger charge is 2.24. The molecule has 1 saturated heterocycles. The van der Waals surface area contributed by atoms with Gasteiger partial charge in [-0.05, 0) is 19.1 Å². The Labute approximate surface area is 119 Å². The summed E-state index contributed by atoms with van der Waals surface area (Å²) in [6.07, 6.45) is 0.199. The van der Waals surface area contributed by atoms with Crippen molar-refractivity contribution in [3.63, 3.8) is 0 Å². The highest BCUT2D eigenvalue weighted by molar-refractivity contribution is 7.99. The number of alkyl halides is 1. The van der Waals surface area contributed by atoms with Crippen molar-refractivity contribution in [2.75, 3.05) is 31.3 Å². The molecule has 0 N–H and O–H groups in total. The highest BCUT2D eigenvalue weighted by Crippen LogP contribution is 2.19. The molecule has 0 spiro atoms. The molecule has 0 aromatic heterocycles. The fourth-order valence-corrected chi connectivity index (χ4v) is 3.18. The van der Waals surface area contributed by atoms with Crippen molar-refractivity contribution < 1.29 is 4.74 Å². The summed E-state index contributed by atoms with van der Waals surface area (Å²) in [6, 6.07) is 11.1. The van der Waals surface area contributed by atoms with E-state index < -0.39 is 0 Å². The quantitative estimate of drug-likeness (QED) is 0.609. The zero-order chi connectivity index (χ0) is 12.8. The molecule has 2 atom stereocenters. The lowest BCUT2D eigenvalue weighted by Crippen LogP contribution is -2.49. The van der Waals surface area contributed by atoms with Crippen LogP contribution in [0.2, 0.25) is 0 Å². The van der Waals surface area contributed by atoms with Crippen LogP contribution < -0.4 is 0 Å². The highest BCUT2D eigenvalue weighted by atomic mass is 35.5. The monoisotopic (exact) mass is 285 g/mol. The maximum absolute atomic E-state index is 5.87. The molecule has 1 aliphatic heterocycles. The van der Waals surface area contributed by atoms with Gasteiger partial charge in [0.25, 0.3) is 0 Å². The Bertz CT molecular complexity index is 349. The lowest BCUT2D eigenvalue weighted by atomic mass is 10.2. The van der Waals surface area contributed by atoms with E-state index in [0.29, 0.717) is 11.9 Å². The zero-order valence-electron chi connectivity index (χ0n) is 10.7. The molecule has 0 radical (unpaired) electrons. The number of benzene rings is 1. The average molecular weight is 286 g/mol. The van der Waals surface area contributed by atoms with Gasteiger partial charge in [0.15, 0.2) is 0 Å². The Kier molecular flexibility index (Phi) is 5.83. The third kappa shape index (κ3) is 4.16. The minimum atomic E-state index is 0.199. The van der Waals surface area contributed by atoms with E-state index in [1.165, 1.54) is 4.90 Å². The summed E-state index contributed by atoms with van der Waals surface area (Å²) in [6.45, 7) is 5.07. The molecule has 100 valence electrons. The van der Waals surface area contributed by atoms with E-state index in [0.717, 1.165) is 25.4 Å². The Hall–Kier alpha value is -0.220. The predicted molar refractivity (Wildman–Crippen MR) is 78.7 cm³/mol. The molecular weight excluding hydrogens is 266 g/mol. The summed E-state index contributed by atoms with van der Waals surface area (Å²) < 4.78 is 5.65. The minimum absolute atomic E-state index is 0.199. The van der Waals surface area contributed by atoms with Crippen molar-refractivity contribution in [1.82, 2.24) is 4.90 Å². The van der Waals surface area contributed by atoms with Crippen molar-refractivity contribution in [2.24, 2.45) is 0 Å². The van der Waals surface area contributed by atoms with Gasteiger partial charge >= 0.3 is 0 Å². The number of hydrogen-bond donors (Lipinski definition) is 0. The number of hydrogen-bond acceptors (Lipinski definition) is 3. The van der Waals surface area contributed by atoms with Crippen molar-refractivity contribution >= 4 is 23.4 Å². The number of ether oxygens (including phenoxy) is 1. The summed E-state index contributed by atoms with van der Waals surface area (Å²) in [5, 5.41) is 0. The topological polar surface area (TPSA) is 12.5 Å². The number of morpholine rings is 1. The molecule has 1 aromatic rings. The first-order valence-electron chi connectivity index (χ1n) is 6.39. The predicted octanol–water partition coefficient (Wildman–Crippen LogP) is 3.11. The summed E-state index contributed by atoms with van der Waals surface area (Å²) in [5.41, 5.74) is 0. The van der Waals surface area contributed by atoms with E-state index >= 15 is 0 Å². The van der Waals surface area contributed by atoms with E-state index in [-0.39, 0.29) is 6.10 Å². The average Bonchev–Trinajstić information content (AvgIpc) is 2.42. The summed E-state index contributed by atoms with van der Waals surface area (Å²) >= 11 is 7.78. The Morgan fingerprint density at radius 2 is 2.17 bits per heavy atom. The van der Waals surface area contributed by atoms with Gasteiger partial charge in [-0.25, -0.2) is 0 Å². The van der Waals surface area contributed by atoms with Crippen molar-refractivity contribution in [3.8, 4) is 0 Å². The normalized spacial score (nSPS) is 25.2. The Balaban J connectivity index is 1.75. The molecule has 0 bridgehead atoms. The van der Waals surface area contributed by atoms with Crippen LogP contribution in [0, 0.1) is 0 Å². The molecule has 0 saturated carbocycles. The van der Waals surface area contributed by atoms with Gasteiger partial charge in [0.2, 0.25) is 0 Å². The lowest BCUT2D eigenvalue weighted by molar-refractivity contribution is -0.0451. The molecule has 0 amide bonds. The van der Waals surface area contributed by atoms with E-state index in [2.05, 4.69) is 42.2 Å². The maximum atomic E-state index is 5.87. The third-order valence-electron chi connectivity index (χ3n) is 3.20. The minimum Gasteiger partial charge on any atom is -0.374 e. The third-order valence-corrected chi connectivity index (χ3v) is 4.53. The van der Waals surface area contributed by atoms with Crippen molar-refractivity contribution in [2.45, 2.75) is 24.0 Å². The first kappa shape index (κ1) is 14.2. The van der Waals surface area contributed by atoms with Gasteiger partial charge in [-0.3, -0.25) is 4.90 Å². The number of nitrogens with zero attached hydrogens (tertiary/aromatic N) is 1. The van der Waals surface area contributed by atoms with Crippen LogP contribution in [0.25, 0.3) is 0 Å². The first-order chi connectivity index (χ1) is 8.79. The fourth-order valence-electron chi connectivity index (χ4n) is 2.08. The summed E-state index contributed by atoms with van der Waals surface area (Å²) in [7, 11) is 0. The molecule has 2 rings (SSSR count). The van der Waals surface area contributed by atoms with Crippen LogP contribution in [0.5, 0.6) is 0 Å².